The first-order chi connectivity index (χ1) is 15.4. The zero-order valence-corrected chi connectivity index (χ0v) is 18.3. The molecule has 3 aromatic rings. The SMILES string of the molecule is COC(=O)c1ccc2c(c1)C(Cc1ccccc1)(S(=O)(=O)c1ccccc1)CC(=O)CO2. The number of ketones is 1. The van der Waals surface area contributed by atoms with Gasteiger partial charge in [0, 0.05) is 12.0 Å². The Hall–Kier alpha value is -3.45. The van der Waals surface area contributed by atoms with Gasteiger partial charge in [-0.15, -0.1) is 0 Å². The second kappa shape index (κ2) is 8.59. The minimum Gasteiger partial charge on any atom is -0.485 e. The first-order valence-electron chi connectivity index (χ1n) is 10.1. The molecule has 164 valence electrons. The number of Topliss-reactive ketones (excluding diaryl/α,β-unsaturated/α-hetero) is 1. The van der Waals surface area contributed by atoms with Crippen molar-refractivity contribution in [1.82, 2.24) is 0 Å². The number of hydrogen-bond acceptors (Lipinski definition) is 6. The summed E-state index contributed by atoms with van der Waals surface area (Å²) < 4.78 is 37.3. The van der Waals surface area contributed by atoms with Gasteiger partial charge >= 0.3 is 5.97 Å². The fraction of sp³-hybridized carbons (Fsp3) is 0.200. The lowest BCUT2D eigenvalue weighted by Gasteiger charge is -2.33. The van der Waals surface area contributed by atoms with E-state index in [4.69, 9.17) is 9.47 Å². The number of rotatable bonds is 5. The Kier molecular flexibility index (Phi) is 5.84. The lowest BCUT2D eigenvalue weighted by molar-refractivity contribution is -0.121. The van der Waals surface area contributed by atoms with Crippen LogP contribution in [0.3, 0.4) is 0 Å². The van der Waals surface area contributed by atoms with Crippen LogP contribution in [0.25, 0.3) is 0 Å². The van der Waals surface area contributed by atoms with Gasteiger partial charge in [-0.25, -0.2) is 13.2 Å². The maximum atomic E-state index is 14.2. The van der Waals surface area contributed by atoms with E-state index in [0.29, 0.717) is 0 Å². The number of fused-ring (bicyclic) bond motifs is 1. The van der Waals surface area contributed by atoms with Gasteiger partial charge in [0.2, 0.25) is 0 Å². The van der Waals surface area contributed by atoms with Crippen molar-refractivity contribution in [1.29, 1.82) is 0 Å². The minimum atomic E-state index is -4.09. The third-order valence-corrected chi connectivity index (χ3v) is 8.09. The van der Waals surface area contributed by atoms with Gasteiger partial charge in [0.25, 0.3) is 0 Å². The number of benzene rings is 3. The lowest BCUT2D eigenvalue weighted by atomic mass is 9.86. The van der Waals surface area contributed by atoms with Gasteiger partial charge < -0.3 is 9.47 Å². The molecule has 1 unspecified atom stereocenters. The molecule has 0 saturated heterocycles. The molecule has 0 saturated carbocycles. The van der Waals surface area contributed by atoms with Gasteiger partial charge in [-0.2, -0.15) is 0 Å². The smallest absolute Gasteiger partial charge is 0.337 e. The zero-order chi connectivity index (χ0) is 22.8. The van der Waals surface area contributed by atoms with Gasteiger partial charge in [0.15, 0.2) is 15.6 Å². The molecular weight excluding hydrogens is 428 g/mol. The predicted octanol–water partition coefficient (Wildman–Crippen LogP) is 3.74. The predicted molar refractivity (Wildman–Crippen MR) is 118 cm³/mol. The second-order valence-corrected chi connectivity index (χ2v) is 9.94. The van der Waals surface area contributed by atoms with Crippen LogP contribution in [0.15, 0.2) is 83.8 Å². The van der Waals surface area contributed by atoms with E-state index in [0.717, 1.165) is 5.56 Å². The summed E-state index contributed by atoms with van der Waals surface area (Å²) in [4.78, 5) is 25.2. The molecule has 0 radical (unpaired) electrons. The summed E-state index contributed by atoms with van der Waals surface area (Å²) in [6.07, 6.45) is -0.242. The van der Waals surface area contributed by atoms with Gasteiger partial charge in [-0.05, 0) is 42.3 Å². The van der Waals surface area contributed by atoms with Gasteiger partial charge in [-0.1, -0.05) is 48.5 Å². The van der Waals surface area contributed by atoms with E-state index < -0.39 is 20.6 Å². The average Bonchev–Trinajstić information content (AvgIpc) is 2.96. The van der Waals surface area contributed by atoms with E-state index in [2.05, 4.69) is 0 Å². The van der Waals surface area contributed by atoms with Gasteiger partial charge in [0.1, 0.15) is 17.1 Å². The van der Waals surface area contributed by atoms with Crippen molar-refractivity contribution in [2.24, 2.45) is 0 Å². The van der Waals surface area contributed by atoms with Crippen LogP contribution in [0.5, 0.6) is 5.75 Å². The van der Waals surface area contributed by atoms with Gasteiger partial charge in [0.05, 0.1) is 17.6 Å². The fourth-order valence-corrected chi connectivity index (χ4v) is 6.25. The molecule has 0 aliphatic carbocycles. The summed E-state index contributed by atoms with van der Waals surface area (Å²) in [5.41, 5.74) is 1.21. The van der Waals surface area contributed by atoms with Crippen LogP contribution in [0.1, 0.15) is 27.9 Å². The first kappa shape index (κ1) is 21.8. The van der Waals surface area contributed by atoms with E-state index in [1.165, 1.54) is 37.4 Å². The van der Waals surface area contributed by atoms with Crippen LogP contribution >= 0.6 is 0 Å². The minimum absolute atomic E-state index is 0.0395. The summed E-state index contributed by atoms with van der Waals surface area (Å²) in [6.45, 7) is -0.245. The third kappa shape index (κ3) is 3.80. The zero-order valence-electron chi connectivity index (χ0n) is 17.5. The van der Waals surface area contributed by atoms with Crippen LogP contribution in [0.4, 0.5) is 0 Å². The normalized spacial score (nSPS) is 18.2. The Balaban J connectivity index is 2.04. The highest BCUT2D eigenvalue weighted by atomic mass is 32.2. The molecule has 0 N–H and O–H groups in total. The molecule has 6 nitrogen and oxygen atoms in total. The average molecular weight is 451 g/mol. The second-order valence-electron chi connectivity index (χ2n) is 7.68. The Bertz CT molecular complexity index is 1250. The molecule has 1 heterocycles. The van der Waals surface area contributed by atoms with Crippen molar-refractivity contribution in [2.45, 2.75) is 22.5 Å². The lowest BCUT2D eigenvalue weighted by Crippen LogP contribution is -2.40. The Labute approximate surface area is 186 Å². The van der Waals surface area contributed by atoms with Crippen molar-refractivity contribution in [3.8, 4) is 5.75 Å². The van der Waals surface area contributed by atoms with Crippen LogP contribution in [0.2, 0.25) is 0 Å². The highest BCUT2D eigenvalue weighted by molar-refractivity contribution is 7.92. The molecule has 1 atom stereocenters. The summed E-state index contributed by atoms with van der Waals surface area (Å²) in [5, 5.41) is 0. The molecule has 7 heteroatoms. The van der Waals surface area contributed by atoms with Crippen molar-refractivity contribution < 1.29 is 27.5 Å². The van der Waals surface area contributed by atoms with Crippen LogP contribution in [0, 0.1) is 0 Å². The van der Waals surface area contributed by atoms with Crippen molar-refractivity contribution in [3.63, 3.8) is 0 Å². The van der Waals surface area contributed by atoms with Crippen LogP contribution in [-0.4, -0.2) is 33.9 Å². The molecule has 0 fully saturated rings. The molecule has 0 spiro atoms. The van der Waals surface area contributed by atoms with E-state index >= 15 is 0 Å². The van der Waals surface area contributed by atoms with E-state index in [1.54, 1.807) is 18.2 Å². The van der Waals surface area contributed by atoms with Crippen LogP contribution < -0.4 is 4.74 Å². The number of methoxy groups -OCH3 is 1. The fourth-order valence-electron chi connectivity index (χ4n) is 4.12. The number of carbonyl (C=O) groups excluding carboxylic acids is 2. The van der Waals surface area contributed by atoms with E-state index in [-0.39, 0.29) is 47.0 Å². The molecule has 0 bridgehead atoms. The molecule has 1 aliphatic rings. The molecule has 32 heavy (non-hydrogen) atoms. The quantitative estimate of drug-likeness (QED) is 0.551. The largest absolute Gasteiger partial charge is 0.485 e. The molecular formula is C25H22O6S. The summed E-state index contributed by atoms with van der Waals surface area (Å²) in [5.74, 6) is -0.677. The maximum Gasteiger partial charge on any atom is 0.337 e. The highest BCUT2D eigenvalue weighted by Crippen LogP contribution is 2.47. The Morgan fingerprint density at radius 3 is 2.31 bits per heavy atom. The third-order valence-electron chi connectivity index (χ3n) is 5.66. The summed E-state index contributed by atoms with van der Waals surface area (Å²) >= 11 is 0. The van der Waals surface area contributed by atoms with Crippen LogP contribution in [-0.2, 0) is 30.5 Å². The summed E-state index contributed by atoms with van der Waals surface area (Å²) in [6, 6.07) is 21.7. The van der Waals surface area contributed by atoms with Crippen molar-refractivity contribution in [3.05, 3.63) is 95.6 Å². The topological polar surface area (TPSA) is 86.7 Å². The van der Waals surface area contributed by atoms with E-state index in [1.807, 2.05) is 30.3 Å². The number of ether oxygens (including phenoxy) is 2. The first-order valence-corrected chi connectivity index (χ1v) is 11.6. The number of carbonyl (C=O) groups is 2. The van der Waals surface area contributed by atoms with Crippen molar-refractivity contribution >= 4 is 21.6 Å². The highest BCUT2D eigenvalue weighted by Gasteiger charge is 2.51. The number of esters is 1. The molecule has 4 rings (SSSR count). The number of hydrogen-bond donors (Lipinski definition) is 0. The monoisotopic (exact) mass is 450 g/mol. The summed E-state index contributed by atoms with van der Waals surface area (Å²) in [7, 11) is -2.84. The Morgan fingerprint density at radius 2 is 1.66 bits per heavy atom. The Morgan fingerprint density at radius 1 is 1.00 bits per heavy atom. The number of sulfone groups is 1. The maximum absolute atomic E-state index is 14.2. The molecule has 3 aromatic carbocycles. The standard InChI is InChI=1S/C25H22O6S/c1-30-24(27)19-12-13-23-22(14-19)25(16-20(26)17-31-23,15-18-8-4-2-5-9-18)32(28,29)21-10-6-3-7-11-21/h2-14H,15-17H2,1H3. The van der Waals surface area contributed by atoms with Gasteiger partial charge in [-0.3, -0.25) is 4.79 Å². The molecule has 0 amide bonds. The molecule has 1 aliphatic heterocycles. The molecule has 0 aromatic heterocycles. The van der Waals surface area contributed by atoms with Crippen molar-refractivity contribution in [2.75, 3.05) is 13.7 Å². The van der Waals surface area contributed by atoms with E-state index in [9.17, 15) is 18.0 Å².